The van der Waals surface area contributed by atoms with Crippen LogP contribution in [0.15, 0.2) is 29.4 Å². The molecule has 1 fully saturated rings. The lowest BCUT2D eigenvalue weighted by atomic mass is 10.0. The zero-order valence-electron chi connectivity index (χ0n) is 11.7. The van der Waals surface area contributed by atoms with Crippen molar-refractivity contribution in [2.45, 2.75) is 13.8 Å². The van der Waals surface area contributed by atoms with Crippen molar-refractivity contribution in [2.24, 2.45) is 10.9 Å². The zero-order chi connectivity index (χ0) is 13.0. The average Bonchev–Trinajstić information content (AvgIpc) is 2.14. The van der Waals surface area contributed by atoms with Gasteiger partial charge < -0.3 is 9.80 Å². The van der Waals surface area contributed by atoms with E-state index >= 15 is 0 Å². The van der Waals surface area contributed by atoms with Crippen LogP contribution in [0.3, 0.4) is 0 Å². The highest BCUT2D eigenvalue weighted by atomic mass is 15.2. The SMILES string of the molecule is C=C(C)C(=C)N=C(C)CN(C)CC1CN(C)C1. The van der Waals surface area contributed by atoms with Crippen LogP contribution < -0.4 is 0 Å². The summed E-state index contributed by atoms with van der Waals surface area (Å²) in [5, 5.41) is 0. The molecule has 0 atom stereocenters. The number of hydrogen-bond donors (Lipinski definition) is 0. The monoisotopic (exact) mass is 235 g/mol. The van der Waals surface area contributed by atoms with E-state index in [1.807, 2.05) is 6.92 Å². The first kappa shape index (κ1) is 14.1. The lowest BCUT2D eigenvalue weighted by Crippen LogP contribution is -2.49. The van der Waals surface area contributed by atoms with Gasteiger partial charge in [0.15, 0.2) is 0 Å². The number of likely N-dealkylation sites (tertiary alicyclic amines) is 1. The maximum atomic E-state index is 4.45. The molecule has 1 aliphatic rings. The second-order valence-electron chi connectivity index (χ2n) is 5.36. The first-order valence-corrected chi connectivity index (χ1v) is 6.14. The maximum Gasteiger partial charge on any atom is 0.0580 e. The van der Waals surface area contributed by atoms with Gasteiger partial charge in [0, 0.05) is 31.9 Å². The molecule has 1 heterocycles. The van der Waals surface area contributed by atoms with Crippen LogP contribution in [0, 0.1) is 5.92 Å². The van der Waals surface area contributed by atoms with Crippen molar-refractivity contribution in [1.82, 2.24) is 9.80 Å². The van der Waals surface area contributed by atoms with E-state index in [9.17, 15) is 0 Å². The predicted molar refractivity (Wildman–Crippen MR) is 75.5 cm³/mol. The zero-order valence-corrected chi connectivity index (χ0v) is 11.7. The van der Waals surface area contributed by atoms with E-state index in [4.69, 9.17) is 0 Å². The Labute approximate surface area is 106 Å². The van der Waals surface area contributed by atoms with Gasteiger partial charge >= 0.3 is 0 Å². The fourth-order valence-corrected chi connectivity index (χ4v) is 2.20. The first-order valence-electron chi connectivity index (χ1n) is 6.14. The molecule has 0 aromatic heterocycles. The summed E-state index contributed by atoms with van der Waals surface area (Å²) < 4.78 is 0. The number of aliphatic imine (C=N–C) groups is 1. The molecule has 1 saturated heterocycles. The Balaban J connectivity index is 2.32. The van der Waals surface area contributed by atoms with Gasteiger partial charge in [-0.25, -0.2) is 0 Å². The van der Waals surface area contributed by atoms with Crippen molar-refractivity contribution in [1.29, 1.82) is 0 Å². The van der Waals surface area contributed by atoms with E-state index in [2.05, 4.69) is 49.0 Å². The van der Waals surface area contributed by atoms with Gasteiger partial charge in [0.05, 0.1) is 5.70 Å². The first-order chi connectivity index (χ1) is 7.88. The van der Waals surface area contributed by atoms with Crippen molar-refractivity contribution in [2.75, 3.05) is 40.3 Å². The molecule has 0 aliphatic carbocycles. The molecule has 0 N–H and O–H groups in total. The highest BCUT2D eigenvalue weighted by molar-refractivity contribution is 5.85. The number of hydrogen-bond acceptors (Lipinski definition) is 3. The van der Waals surface area contributed by atoms with Gasteiger partial charge in [0.25, 0.3) is 0 Å². The molecule has 3 heteroatoms. The molecule has 0 aromatic rings. The Kier molecular flexibility index (Phi) is 5.09. The van der Waals surface area contributed by atoms with E-state index in [1.165, 1.54) is 13.1 Å². The van der Waals surface area contributed by atoms with E-state index in [1.54, 1.807) is 0 Å². The van der Waals surface area contributed by atoms with Crippen molar-refractivity contribution in [3.63, 3.8) is 0 Å². The quantitative estimate of drug-likeness (QED) is 0.518. The minimum atomic E-state index is 0.791. The molecule has 0 saturated carbocycles. The fourth-order valence-electron chi connectivity index (χ4n) is 2.20. The average molecular weight is 235 g/mol. The van der Waals surface area contributed by atoms with Crippen molar-refractivity contribution in [3.05, 3.63) is 24.4 Å². The summed E-state index contributed by atoms with van der Waals surface area (Å²) in [6.07, 6.45) is 0. The molecular formula is C14H25N3. The van der Waals surface area contributed by atoms with Gasteiger partial charge in [-0.2, -0.15) is 0 Å². The van der Waals surface area contributed by atoms with Crippen LogP contribution in [0.1, 0.15) is 13.8 Å². The summed E-state index contributed by atoms with van der Waals surface area (Å²) in [6, 6.07) is 0. The van der Waals surface area contributed by atoms with Crippen LogP contribution >= 0.6 is 0 Å². The van der Waals surface area contributed by atoms with Crippen LogP contribution in [0.2, 0.25) is 0 Å². The van der Waals surface area contributed by atoms with E-state index < -0.39 is 0 Å². The summed E-state index contributed by atoms with van der Waals surface area (Å²) in [7, 11) is 4.32. The van der Waals surface area contributed by atoms with Crippen LogP contribution in [-0.2, 0) is 0 Å². The van der Waals surface area contributed by atoms with E-state index in [0.29, 0.717) is 0 Å². The standard InChI is InChI=1S/C14H25N3/c1-11(2)13(4)15-12(3)7-16(5)8-14-9-17(6)10-14/h14H,1,4,7-10H2,2-3,5-6H3. The van der Waals surface area contributed by atoms with Gasteiger partial charge in [0.1, 0.15) is 0 Å². The highest BCUT2D eigenvalue weighted by Crippen LogP contribution is 2.13. The molecule has 0 radical (unpaired) electrons. The lowest BCUT2D eigenvalue weighted by Gasteiger charge is -2.38. The Morgan fingerprint density at radius 2 is 1.94 bits per heavy atom. The summed E-state index contributed by atoms with van der Waals surface area (Å²) in [5.74, 6) is 0.821. The van der Waals surface area contributed by atoms with Gasteiger partial charge in [-0.3, -0.25) is 4.99 Å². The molecule has 0 bridgehead atoms. The third kappa shape index (κ3) is 4.84. The molecule has 0 aromatic carbocycles. The van der Waals surface area contributed by atoms with Gasteiger partial charge in [0.2, 0.25) is 0 Å². The third-order valence-corrected chi connectivity index (χ3v) is 3.03. The molecule has 3 nitrogen and oxygen atoms in total. The number of nitrogens with zero attached hydrogens (tertiary/aromatic N) is 3. The van der Waals surface area contributed by atoms with Crippen molar-refractivity contribution < 1.29 is 0 Å². The summed E-state index contributed by atoms with van der Waals surface area (Å²) in [4.78, 5) is 9.14. The second kappa shape index (κ2) is 6.12. The number of rotatable bonds is 6. The maximum absolute atomic E-state index is 4.45. The van der Waals surface area contributed by atoms with Crippen LogP contribution in [0.5, 0.6) is 0 Å². The minimum absolute atomic E-state index is 0.791. The molecule has 96 valence electrons. The lowest BCUT2D eigenvalue weighted by molar-refractivity contribution is 0.105. The molecule has 0 spiro atoms. The van der Waals surface area contributed by atoms with Crippen molar-refractivity contribution >= 4 is 5.71 Å². The number of allylic oxidation sites excluding steroid dienone is 1. The molecule has 1 aliphatic heterocycles. The topological polar surface area (TPSA) is 18.8 Å². The van der Waals surface area contributed by atoms with Gasteiger partial charge in [-0.15, -0.1) is 0 Å². The smallest absolute Gasteiger partial charge is 0.0580 e. The van der Waals surface area contributed by atoms with Gasteiger partial charge in [-0.05, 0) is 39.4 Å². The predicted octanol–water partition coefficient (Wildman–Crippen LogP) is 2.03. The fraction of sp³-hybridized carbons (Fsp3) is 0.643. The summed E-state index contributed by atoms with van der Waals surface area (Å²) in [6.45, 7) is 16.2. The van der Waals surface area contributed by atoms with Gasteiger partial charge in [-0.1, -0.05) is 13.2 Å². The minimum Gasteiger partial charge on any atom is -0.306 e. The largest absolute Gasteiger partial charge is 0.306 e. The highest BCUT2D eigenvalue weighted by Gasteiger charge is 2.24. The Morgan fingerprint density at radius 1 is 1.35 bits per heavy atom. The van der Waals surface area contributed by atoms with E-state index in [0.717, 1.165) is 36.0 Å². The summed E-state index contributed by atoms with van der Waals surface area (Å²) in [5.41, 5.74) is 2.83. The molecule has 17 heavy (non-hydrogen) atoms. The van der Waals surface area contributed by atoms with Crippen LogP contribution in [0.25, 0.3) is 0 Å². The second-order valence-corrected chi connectivity index (χ2v) is 5.36. The molecule has 0 amide bonds. The third-order valence-electron chi connectivity index (χ3n) is 3.03. The molecule has 0 unspecified atom stereocenters. The Morgan fingerprint density at radius 3 is 2.41 bits per heavy atom. The molecule has 1 rings (SSSR count). The summed E-state index contributed by atoms with van der Waals surface area (Å²) >= 11 is 0. The van der Waals surface area contributed by atoms with Crippen LogP contribution in [-0.4, -0.2) is 55.8 Å². The van der Waals surface area contributed by atoms with E-state index in [-0.39, 0.29) is 0 Å². The molecular weight excluding hydrogens is 210 g/mol. The van der Waals surface area contributed by atoms with Crippen molar-refractivity contribution in [3.8, 4) is 0 Å². The van der Waals surface area contributed by atoms with Crippen LogP contribution in [0.4, 0.5) is 0 Å². The Bertz CT molecular complexity index is 324. The Hall–Kier alpha value is -0.930. The normalized spacial score (nSPS) is 18.3.